The van der Waals surface area contributed by atoms with Gasteiger partial charge >= 0.3 is 0 Å². The van der Waals surface area contributed by atoms with Crippen LogP contribution in [0.4, 0.5) is 0 Å². The Hall–Kier alpha value is -1.37. The highest BCUT2D eigenvalue weighted by molar-refractivity contribution is 7.98. The number of aryl methyl sites for hydroxylation is 1. The maximum Gasteiger partial charge on any atom is 0.243 e. The molecule has 1 aliphatic rings. The third kappa shape index (κ3) is 3.20. The van der Waals surface area contributed by atoms with Crippen LogP contribution >= 0.6 is 11.8 Å². The minimum Gasteiger partial charge on any atom is -0.392 e. The molecule has 0 saturated carbocycles. The van der Waals surface area contributed by atoms with Crippen LogP contribution in [0.25, 0.3) is 0 Å². The van der Waals surface area contributed by atoms with E-state index in [2.05, 4.69) is 46.6 Å². The lowest BCUT2D eigenvalue weighted by molar-refractivity contribution is 0.191. The van der Waals surface area contributed by atoms with Crippen LogP contribution in [0.5, 0.6) is 0 Å². The monoisotopic (exact) mass is 291 g/mol. The smallest absolute Gasteiger partial charge is 0.243 e. The molecule has 1 aliphatic heterocycles. The van der Waals surface area contributed by atoms with Crippen molar-refractivity contribution in [3.8, 4) is 0 Å². The van der Waals surface area contributed by atoms with Gasteiger partial charge < -0.3 is 14.9 Å². The van der Waals surface area contributed by atoms with E-state index in [0.29, 0.717) is 30.4 Å². The summed E-state index contributed by atoms with van der Waals surface area (Å²) in [5.74, 6) is 1.94. The highest BCUT2D eigenvalue weighted by atomic mass is 32.2. The van der Waals surface area contributed by atoms with Crippen molar-refractivity contribution in [2.45, 2.75) is 36.1 Å². The fourth-order valence-corrected chi connectivity index (χ4v) is 2.90. The number of hydrogen-bond acceptors (Lipinski definition) is 6. The molecule has 106 valence electrons. The molecule has 5 nitrogen and oxygen atoms in total. The number of hydrogen-bond donors (Lipinski definition) is 2. The Labute approximate surface area is 121 Å². The summed E-state index contributed by atoms with van der Waals surface area (Å²) in [5.41, 5.74) is 1.25. The quantitative estimate of drug-likeness (QED) is 0.840. The van der Waals surface area contributed by atoms with Crippen LogP contribution in [0.15, 0.2) is 33.7 Å². The predicted molar refractivity (Wildman–Crippen MR) is 76.4 cm³/mol. The summed E-state index contributed by atoms with van der Waals surface area (Å²) in [6.45, 7) is 2.66. The molecule has 0 bridgehead atoms. The molecule has 1 aromatic carbocycles. The summed E-state index contributed by atoms with van der Waals surface area (Å²) in [5, 5.41) is 16.6. The van der Waals surface area contributed by atoms with E-state index in [1.807, 2.05) is 0 Å². The Kier molecular flexibility index (Phi) is 4.05. The normalized spacial score (nSPS) is 22.3. The molecule has 1 aromatic heterocycles. The third-order valence-corrected chi connectivity index (χ3v) is 4.29. The fraction of sp³-hybridized carbons (Fsp3) is 0.429. The van der Waals surface area contributed by atoms with Crippen LogP contribution in [0, 0.1) is 6.92 Å². The van der Waals surface area contributed by atoms with Crippen LogP contribution in [-0.2, 0) is 5.75 Å². The lowest BCUT2D eigenvalue weighted by Crippen LogP contribution is -2.15. The second-order valence-corrected chi connectivity index (χ2v) is 6.05. The second-order valence-electron chi connectivity index (χ2n) is 5.00. The van der Waals surface area contributed by atoms with Gasteiger partial charge in [-0.15, -0.1) is 11.8 Å². The van der Waals surface area contributed by atoms with Gasteiger partial charge in [-0.3, -0.25) is 0 Å². The maximum atomic E-state index is 9.49. The average Bonchev–Trinajstić information content (AvgIpc) is 3.07. The van der Waals surface area contributed by atoms with Gasteiger partial charge in [0.05, 0.1) is 17.9 Å². The molecule has 2 N–H and O–H groups in total. The van der Waals surface area contributed by atoms with Crippen LogP contribution in [-0.4, -0.2) is 27.9 Å². The molecule has 2 atom stereocenters. The third-order valence-electron chi connectivity index (χ3n) is 3.28. The first-order valence-corrected chi connectivity index (χ1v) is 7.62. The van der Waals surface area contributed by atoms with E-state index in [-0.39, 0.29) is 12.1 Å². The Morgan fingerprint density at radius 3 is 2.90 bits per heavy atom. The zero-order valence-electron chi connectivity index (χ0n) is 11.2. The Morgan fingerprint density at radius 2 is 2.20 bits per heavy atom. The summed E-state index contributed by atoms with van der Waals surface area (Å²) in [7, 11) is 0. The van der Waals surface area contributed by atoms with Crippen molar-refractivity contribution in [3.05, 3.63) is 41.5 Å². The number of rotatable bonds is 4. The van der Waals surface area contributed by atoms with Gasteiger partial charge in [0.25, 0.3) is 0 Å². The van der Waals surface area contributed by atoms with Gasteiger partial charge in [-0.2, -0.15) is 4.98 Å². The molecular formula is C14H17N3O2S. The minimum absolute atomic E-state index is 0.0179. The number of nitrogens with one attached hydrogen (secondary N) is 1. The van der Waals surface area contributed by atoms with E-state index >= 15 is 0 Å². The standard InChI is InChI=1S/C14H17N3O2S/c1-9-2-4-11(5-3-9)20-8-13-16-14(19-17-13)12-6-10(18)7-15-12/h2-5,10,12,15,18H,6-8H2,1H3/t10?,12-/m0/s1. The largest absolute Gasteiger partial charge is 0.392 e. The molecule has 2 heterocycles. The number of aromatic nitrogens is 2. The van der Waals surface area contributed by atoms with E-state index < -0.39 is 0 Å². The van der Waals surface area contributed by atoms with Crippen molar-refractivity contribution >= 4 is 11.8 Å². The Morgan fingerprint density at radius 1 is 1.40 bits per heavy atom. The van der Waals surface area contributed by atoms with E-state index in [1.54, 1.807) is 11.8 Å². The SMILES string of the molecule is Cc1ccc(SCc2noc([C@@H]3CC(O)CN3)n2)cc1. The molecule has 1 fully saturated rings. The maximum absolute atomic E-state index is 9.49. The first-order valence-electron chi connectivity index (χ1n) is 6.64. The number of β-amino-alcohol motifs (C(OH)–C–C–N with tert-alkyl or cyclic N) is 1. The van der Waals surface area contributed by atoms with Gasteiger partial charge in [0.15, 0.2) is 5.82 Å². The molecule has 0 aliphatic carbocycles. The molecule has 0 radical (unpaired) electrons. The van der Waals surface area contributed by atoms with Crippen LogP contribution < -0.4 is 5.32 Å². The highest BCUT2D eigenvalue weighted by Crippen LogP contribution is 2.25. The zero-order chi connectivity index (χ0) is 13.9. The van der Waals surface area contributed by atoms with Crippen molar-refractivity contribution < 1.29 is 9.63 Å². The fourth-order valence-electron chi connectivity index (χ4n) is 2.16. The predicted octanol–water partition coefficient (Wildman–Crippen LogP) is 2.07. The van der Waals surface area contributed by atoms with E-state index in [0.717, 1.165) is 0 Å². The second kappa shape index (κ2) is 5.95. The number of benzene rings is 1. The van der Waals surface area contributed by atoms with Gasteiger partial charge in [0, 0.05) is 11.4 Å². The lowest BCUT2D eigenvalue weighted by Gasteiger charge is -2.01. The van der Waals surface area contributed by atoms with Crippen LogP contribution in [0.3, 0.4) is 0 Å². The molecule has 6 heteroatoms. The van der Waals surface area contributed by atoms with Crippen molar-refractivity contribution in [2.75, 3.05) is 6.54 Å². The number of thioether (sulfide) groups is 1. The van der Waals surface area contributed by atoms with E-state index in [9.17, 15) is 5.11 Å². The first kappa shape index (κ1) is 13.6. The van der Waals surface area contributed by atoms with Gasteiger partial charge in [-0.05, 0) is 25.5 Å². The topological polar surface area (TPSA) is 71.2 Å². The van der Waals surface area contributed by atoms with Gasteiger partial charge in [0.2, 0.25) is 5.89 Å². The molecule has 0 amide bonds. The van der Waals surface area contributed by atoms with E-state index in [4.69, 9.17) is 4.52 Å². The zero-order valence-corrected chi connectivity index (χ0v) is 12.1. The number of aliphatic hydroxyl groups is 1. The number of aliphatic hydroxyl groups excluding tert-OH is 1. The molecule has 0 spiro atoms. The van der Waals surface area contributed by atoms with Crippen LogP contribution in [0.2, 0.25) is 0 Å². The summed E-state index contributed by atoms with van der Waals surface area (Å²) in [6, 6.07) is 8.35. The summed E-state index contributed by atoms with van der Waals surface area (Å²) in [6.07, 6.45) is 0.310. The Bertz CT molecular complexity index is 570. The van der Waals surface area contributed by atoms with Crippen LogP contribution in [0.1, 0.15) is 29.7 Å². The Balaban J connectivity index is 1.58. The molecule has 20 heavy (non-hydrogen) atoms. The van der Waals surface area contributed by atoms with Gasteiger partial charge in [0.1, 0.15) is 0 Å². The molecule has 2 aromatic rings. The molecule has 1 unspecified atom stereocenters. The van der Waals surface area contributed by atoms with Crippen molar-refractivity contribution in [3.63, 3.8) is 0 Å². The highest BCUT2D eigenvalue weighted by Gasteiger charge is 2.27. The molecule has 1 saturated heterocycles. The van der Waals surface area contributed by atoms with Gasteiger partial charge in [-0.25, -0.2) is 0 Å². The average molecular weight is 291 g/mol. The molecule has 3 rings (SSSR count). The van der Waals surface area contributed by atoms with Crippen molar-refractivity contribution in [2.24, 2.45) is 0 Å². The van der Waals surface area contributed by atoms with E-state index in [1.165, 1.54) is 10.5 Å². The van der Waals surface area contributed by atoms with Gasteiger partial charge in [-0.1, -0.05) is 22.9 Å². The summed E-state index contributed by atoms with van der Waals surface area (Å²) < 4.78 is 5.26. The van der Waals surface area contributed by atoms with Crippen molar-refractivity contribution in [1.29, 1.82) is 0 Å². The van der Waals surface area contributed by atoms with Crippen molar-refractivity contribution in [1.82, 2.24) is 15.5 Å². The summed E-state index contributed by atoms with van der Waals surface area (Å²) in [4.78, 5) is 5.58. The minimum atomic E-state index is -0.322. The first-order chi connectivity index (χ1) is 9.70. The lowest BCUT2D eigenvalue weighted by atomic mass is 10.2. The molecular weight excluding hydrogens is 274 g/mol. The number of nitrogens with zero attached hydrogens (tertiary/aromatic N) is 2. The summed E-state index contributed by atoms with van der Waals surface area (Å²) >= 11 is 1.68.